The Balaban J connectivity index is 1.70. The number of carbonyl (C=O) groups excluding carboxylic acids is 1. The molecule has 0 saturated heterocycles. The quantitative estimate of drug-likeness (QED) is 0.544. The number of ether oxygens (including phenoxy) is 1. The van der Waals surface area contributed by atoms with Gasteiger partial charge in [0.1, 0.15) is 11.8 Å². The molecule has 160 valence electrons. The maximum absolute atomic E-state index is 13.4. The molecule has 8 nitrogen and oxygen atoms in total. The van der Waals surface area contributed by atoms with Gasteiger partial charge in [-0.3, -0.25) is 4.79 Å². The van der Waals surface area contributed by atoms with Gasteiger partial charge in [0, 0.05) is 24.4 Å². The maximum atomic E-state index is 13.4. The molecule has 31 heavy (non-hydrogen) atoms. The van der Waals surface area contributed by atoms with Crippen LogP contribution < -0.4 is 15.4 Å². The summed E-state index contributed by atoms with van der Waals surface area (Å²) in [6.07, 6.45) is 1.14. The van der Waals surface area contributed by atoms with E-state index in [4.69, 9.17) is 9.84 Å². The van der Waals surface area contributed by atoms with Gasteiger partial charge in [0.05, 0.1) is 12.7 Å². The van der Waals surface area contributed by atoms with Crippen molar-refractivity contribution in [3.63, 3.8) is 0 Å². The van der Waals surface area contributed by atoms with E-state index in [1.54, 1.807) is 36.1 Å². The number of carbonyl (C=O) groups is 1. The summed E-state index contributed by atoms with van der Waals surface area (Å²) in [5.74, 6) is 1.71. The fraction of sp³-hybridized carbons (Fsp3) is 0.261. The van der Waals surface area contributed by atoms with Crippen molar-refractivity contribution in [3.05, 3.63) is 77.3 Å². The summed E-state index contributed by atoms with van der Waals surface area (Å²) in [6, 6.07) is 16.5. The van der Waals surface area contributed by atoms with Crippen LogP contribution in [0.25, 0.3) is 0 Å². The Labute approximate surface area is 180 Å². The van der Waals surface area contributed by atoms with E-state index in [0.29, 0.717) is 41.6 Å². The number of nitrogens with zero attached hydrogens (tertiary/aromatic N) is 3. The number of aliphatic hydroxyl groups excluding tert-OH is 1. The van der Waals surface area contributed by atoms with E-state index in [0.717, 1.165) is 11.3 Å². The number of benzene rings is 2. The first-order valence-corrected chi connectivity index (χ1v) is 10.1. The number of fused-ring (bicyclic) bond motifs is 1. The second-order valence-corrected chi connectivity index (χ2v) is 7.28. The predicted octanol–water partition coefficient (Wildman–Crippen LogP) is 3.14. The third-order valence-corrected chi connectivity index (χ3v) is 5.16. The molecular weight excluding hydrogens is 394 g/mol. The van der Waals surface area contributed by atoms with E-state index in [1.165, 1.54) is 0 Å². The molecule has 0 fully saturated rings. The van der Waals surface area contributed by atoms with Crippen molar-refractivity contribution in [1.82, 2.24) is 14.8 Å². The van der Waals surface area contributed by atoms with Crippen molar-refractivity contribution in [2.45, 2.75) is 25.8 Å². The van der Waals surface area contributed by atoms with Crippen LogP contribution in [0.2, 0.25) is 0 Å². The summed E-state index contributed by atoms with van der Waals surface area (Å²) in [6.45, 7) is 1.94. The molecule has 1 amide bonds. The normalized spacial score (nSPS) is 15.3. The van der Waals surface area contributed by atoms with Gasteiger partial charge in [-0.1, -0.05) is 30.3 Å². The van der Waals surface area contributed by atoms with Crippen LogP contribution in [0.15, 0.2) is 65.9 Å². The molecule has 3 aromatic rings. The van der Waals surface area contributed by atoms with Gasteiger partial charge in [0.15, 0.2) is 5.82 Å². The zero-order valence-electron chi connectivity index (χ0n) is 17.5. The zero-order valence-corrected chi connectivity index (χ0v) is 17.5. The highest BCUT2D eigenvalue weighted by Gasteiger charge is 2.34. The van der Waals surface area contributed by atoms with E-state index in [9.17, 15) is 4.79 Å². The van der Waals surface area contributed by atoms with Crippen molar-refractivity contribution < 1.29 is 14.6 Å². The predicted molar refractivity (Wildman–Crippen MR) is 118 cm³/mol. The van der Waals surface area contributed by atoms with Gasteiger partial charge in [-0.05, 0) is 43.2 Å². The molecule has 3 N–H and O–H groups in total. The smallest absolute Gasteiger partial charge is 0.255 e. The summed E-state index contributed by atoms with van der Waals surface area (Å²) in [5.41, 5.74) is 2.88. The minimum absolute atomic E-state index is 0.0756. The molecule has 0 radical (unpaired) electrons. The van der Waals surface area contributed by atoms with E-state index in [1.807, 2.05) is 37.3 Å². The van der Waals surface area contributed by atoms with Crippen molar-refractivity contribution in [2.24, 2.45) is 0 Å². The standard InChI is InChI=1S/C23H25N5O3/c1-15-20(22(30)25-17-10-12-18(31-2)13-11-17)21(16-7-4-3-5-8-16)28-23(24-15)26-19(27-28)9-6-14-29/h3-5,7-8,10-13,21,29H,6,9,14H2,1-2H3,(H,25,30)(H,24,26,27). The Kier molecular flexibility index (Phi) is 5.99. The van der Waals surface area contributed by atoms with Crippen LogP contribution in [0.5, 0.6) is 5.75 Å². The minimum Gasteiger partial charge on any atom is -0.497 e. The van der Waals surface area contributed by atoms with Gasteiger partial charge < -0.3 is 20.5 Å². The van der Waals surface area contributed by atoms with Crippen LogP contribution >= 0.6 is 0 Å². The Hall–Kier alpha value is -3.65. The van der Waals surface area contributed by atoms with E-state index in [-0.39, 0.29) is 12.5 Å². The SMILES string of the molecule is COc1ccc(NC(=O)C2=C(C)Nc3nc(CCCO)nn3C2c2ccccc2)cc1. The highest BCUT2D eigenvalue weighted by atomic mass is 16.5. The molecule has 0 spiro atoms. The largest absolute Gasteiger partial charge is 0.497 e. The number of hydrogen-bond acceptors (Lipinski definition) is 6. The first-order valence-electron chi connectivity index (χ1n) is 10.1. The molecule has 0 bridgehead atoms. The van der Waals surface area contributed by atoms with Crippen LogP contribution in [-0.2, 0) is 11.2 Å². The van der Waals surface area contributed by atoms with Crippen LogP contribution in [-0.4, -0.2) is 39.5 Å². The molecule has 8 heteroatoms. The number of hydrogen-bond donors (Lipinski definition) is 3. The van der Waals surface area contributed by atoms with Gasteiger partial charge in [0.2, 0.25) is 5.95 Å². The monoisotopic (exact) mass is 419 g/mol. The maximum Gasteiger partial charge on any atom is 0.255 e. The third-order valence-electron chi connectivity index (χ3n) is 5.16. The minimum atomic E-state index is -0.425. The van der Waals surface area contributed by atoms with Crippen molar-refractivity contribution >= 4 is 17.5 Å². The van der Waals surface area contributed by atoms with Crippen molar-refractivity contribution in [3.8, 4) is 5.75 Å². The lowest BCUT2D eigenvalue weighted by molar-refractivity contribution is -0.113. The van der Waals surface area contributed by atoms with Crippen LogP contribution in [0.1, 0.15) is 30.8 Å². The summed E-state index contributed by atoms with van der Waals surface area (Å²) in [7, 11) is 1.60. The van der Waals surface area contributed by atoms with Crippen molar-refractivity contribution in [1.29, 1.82) is 0 Å². The molecular formula is C23H25N5O3. The number of nitrogens with one attached hydrogen (secondary N) is 2. The average molecular weight is 419 g/mol. The van der Waals surface area contributed by atoms with E-state index < -0.39 is 6.04 Å². The topological polar surface area (TPSA) is 101 Å². The molecule has 1 aromatic heterocycles. The van der Waals surface area contributed by atoms with E-state index >= 15 is 0 Å². The summed E-state index contributed by atoms with van der Waals surface area (Å²) in [5, 5.41) is 20.0. The summed E-state index contributed by atoms with van der Waals surface area (Å²) >= 11 is 0. The number of anilines is 2. The average Bonchev–Trinajstić information content (AvgIpc) is 3.20. The fourth-order valence-electron chi connectivity index (χ4n) is 3.65. The molecule has 2 heterocycles. The van der Waals surface area contributed by atoms with Gasteiger partial charge in [-0.15, -0.1) is 0 Å². The molecule has 0 saturated carbocycles. The van der Waals surface area contributed by atoms with Gasteiger partial charge in [-0.2, -0.15) is 10.1 Å². The highest BCUT2D eigenvalue weighted by Crippen LogP contribution is 2.35. The first-order chi connectivity index (χ1) is 15.1. The Morgan fingerprint density at radius 3 is 2.61 bits per heavy atom. The lowest BCUT2D eigenvalue weighted by atomic mass is 9.95. The Morgan fingerprint density at radius 2 is 1.94 bits per heavy atom. The van der Waals surface area contributed by atoms with Crippen molar-refractivity contribution in [2.75, 3.05) is 24.4 Å². The summed E-state index contributed by atoms with van der Waals surface area (Å²) < 4.78 is 6.93. The molecule has 0 aliphatic carbocycles. The number of aromatic nitrogens is 3. The van der Waals surface area contributed by atoms with Crippen LogP contribution in [0.4, 0.5) is 11.6 Å². The number of allylic oxidation sites excluding steroid dienone is 1. The highest BCUT2D eigenvalue weighted by molar-refractivity contribution is 6.06. The Bertz CT molecular complexity index is 1090. The molecule has 1 atom stereocenters. The lowest BCUT2D eigenvalue weighted by Crippen LogP contribution is -2.31. The number of aryl methyl sites for hydroxylation is 1. The number of amides is 1. The van der Waals surface area contributed by atoms with Gasteiger partial charge in [0.25, 0.3) is 5.91 Å². The fourth-order valence-corrected chi connectivity index (χ4v) is 3.65. The zero-order chi connectivity index (χ0) is 21.8. The van der Waals surface area contributed by atoms with E-state index in [2.05, 4.69) is 20.7 Å². The molecule has 1 aliphatic heterocycles. The number of rotatable bonds is 7. The third kappa shape index (κ3) is 4.29. The number of aliphatic hydroxyl groups is 1. The Morgan fingerprint density at radius 1 is 1.19 bits per heavy atom. The molecule has 1 aliphatic rings. The molecule has 2 aromatic carbocycles. The second kappa shape index (κ2) is 9.01. The molecule has 1 unspecified atom stereocenters. The summed E-state index contributed by atoms with van der Waals surface area (Å²) in [4.78, 5) is 17.9. The second-order valence-electron chi connectivity index (χ2n) is 7.28. The molecule has 4 rings (SSSR count). The van der Waals surface area contributed by atoms with Crippen LogP contribution in [0.3, 0.4) is 0 Å². The lowest BCUT2D eigenvalue weighted by Gasteiger charge is -2.28. The number of methoxy groups -OCH3 is 1. The van der Waals surface area contributed by atoms with Crippen LogP contribution in [0, 0.1) is 0 Å². The van der Waals surface area contributed by atoms with Gasteiger partial charge >= 0.3 is 0 Å². The first kappa shape index (κ1) is 20.6. The van der Waals surface area contributed by atoms with Gasteiger partial charge in [-0.25, -0.2) is 4.68 Å².